The standard InChI is InChI=1S/C13H18ClNO2/c1-4-17-13(16)11(14)9-15(3)12-8-6-5-7-10(12)2/h5-8,11H,4,9H2,1-3H3. The summed E-state index contributed by atoms with van der Waals surface area (Å²) < 4.78 is 4.87. The zero-order chi connectivity index (χ0) is 12.8. The molecule has 0 bridgehead atoms. The number of benzene rings is 1. The molecule has 0 heterocycles. The number of aryl methyl sites for hydroxylation is 1. The van der Waals surface area contributed by atoms with Gasteiger partial charge in [0.1, 0.15) is 5.38 Å². The van der Waals surface area contributed by atoms with E-state index in [2.05, 4.69) is 0 Å². The minimum atomic E-state index is -0.639. The molecule has 0 fully saturated rings. The van der Waals surface area contributed by atoms with Gasteiger partial charge in [-0.1, -0.05) is 18.2 Å². The summed E-state index contributed by atoms with van der Waals surface area (Å²) in [5.41, 5.74) is 2.23. The van der Waals surface area contributed by atoms with E-state index in [0.717, 1.165) is 11.3 Å². The van der Waals surface area contributed by atoms with Gasteiger partial charge in [-0.15, -0.1) is 11.6 Å². The first-order chi connectivity index (χ1) is 8.06. The summed E-state index contributed by atoms with van der Waals surface area (Å²) in [5, 5.41) is -0.639. The molecule has 0 saturated heterocycles. The highest BCUT2D eigenvalue weighted by molar-refractivity contribution is 6.30. The molecule has 0 aliphatic heterocycles. The van der Waals surface area contributed by atoms with Crippen molar-refractivity contribution in [2.24, 2.45) is 0 Å². The molecule has 1 atom stereocenters. The molecule has 0 amide bonds. The molecule has 0 N–H and O–H groups in total. The van der Waals surface area contributed by atoms with E-state index in [1.807, 2.05) is 43.1 Å². The van der Waals surface area contributed by atoms with Crippen LogP contribution in [-0.4, -0.2) is 31.5 Å². The van der Waals surface area contributed by atoms with Crippen LogP contribution in [0.4, 0.5) is 5.69 Å². The van der Waals surface area contributed by atoms with Crippen molar-refractivity contribution in [3.63, 3.8) is 0 Å². The second kappa shape index (κ2) is 6.50. The van der Waals surface area contributed by atoms with Crippen molar-refractivity contribution < 1.29 is 9.53 Å². The predicted octanol–water partition coefficient (Wildman–Crippen LogP) is 2.60. The molecule has 1 unspecified atom stereocenters. The first-order valence-corrected chi connectivity index (χ1v) is 6.07. The van der Waals surface area contributed by atoms with Crippen molar-refractivity contribution in [1.29, 1.82) is 0 Å². The Morgan fingerprint density at radius 1 is 1.47 bits per heavy atom. The lowest BCUT2D eigenvalue weighted by Gasteiger charge is -2.23. The summed E-state index contributed by atoms with van der Waals surface area (Å²) in [6, 6.07) is 7.98. The Morgan fingerprint density at radius 3 is 2.71 bits per heavy atom. The van der Waals surface area contributed by atoms with Gasteiger partial charge in [-0.05, 0) is 25.5 Å². The number of halogens is 1. The molecule has 4 heteroatoms. The number of para-hydroxylation sites is 1. The maximum Gasteiger partial charge on any atom is 0.325 e. The molecule has 0 radical (unpaired) electrons. The van der Waals surface area contributed by atoms with Gasteiger partial charge in [0.05, 0.1) is 6.61 Å². The highest BCUT2D eigenvalue weighted by atomic mass is 35.5. The van der Waals surface area contributed by atoms with Gasteiger partial charge in [-0.3, -0.25) is 4.79 Å². The summed E-state index contributed by atoms with van der Waals surface area (Å²) in [5.74, 6) is -0.366. The van der Waals surface area contributed by atoms with E-state index in [1.165, 1.54) is 0 Å². The third-order valence-corrected chi connectivity index (χ3v) is 2.82. The van der Waals surface area contributed by atoms with Crippen LogP contribution in [0, 0.1) is 6.92 Å². The van der Waals surface area contributed by atoms with Crippen LogP contribution in [0.25, 0.3) is 0 Å². The van der Waals surface area contributed by atoms with Gasteiger partial charge < -0.3 is 9.64 Å². The van der Waals surface area contributed by atoms with Crippen molar-refractivity contribution in [3.8, 4) is 0 Å². The fraction of sp³-hybridized carbons (Fsp3) is 0.462. The fourth-order valence-electron chi connectivity index (χ4n) is 1.64. The molecule has 1 aromatic rings. The predicted molar refractivity (Wildman–Crippen MR) is 70.7 cm³/mol. The van der Waals surface area contributed by atoms with Gasteiger partial charge in [0.2, 0.25) is 0 Å². The number of ether oxygens (including phenoxy) is 1. The Balaban J connectivity index is 2.63. The van der Waals surface area contributed by atoms with Crippen LogP contribution in [0.1, 0.15) is 12.5 Å². The van der Waals surface area contributed by atoms with E-state index < -0.39 is 5.38 Å². The Bertz CT molecular complexity index is 381. The first kappa shape index (κ1) is 13.8. The monoisotopic (exact) mass is 255 g/mol. The molecular weight excluding hydrogens is 238 g/mol. The van der Waals surface area contributed by atoms with Gasteiger partial charge >= 0.3 is 5.97 Å². The number of hydrogen-bond acceptors (Lipinski definition) is 3. The number of esters is 1. The van der Waals surface area contributed by atoms with E-state index in [1.54, 1.807) is 6.92 Å². The number of alkyl halides is 1. The second-order valence-corrected chi connectivity index (χ2v) is 4.41. The SMILES string of the molecule is CCOC(=O)C(Cl)CN(C)c1ccccc1C. The van der Waals surface area contributed by atoms with E-state index in [4.69, 9.17) is 16.3 Å². The van der Waals surface area contributed by atoms with Crippen molar-refractivity contribution in [1.82, 2.24) is 0 Å². The topological polar surface area (TPSA) is 29.5 Å². The first-order valence-electron chi connectivity index (χ1n) is 5.63. The average molecular weight is 256 g/mol. The van der Waals surface area contributed by atoms with E-state index in [9.17, 15) is 4.79 Å². The average Bonchev–Trinajstić information content (AvgIpc) is 2.29. The van der Waals surface area contributed by atoms with Crippen molar-refractivity contribution in [3.05, 3.63) is 29.8 Å². The highest BCUT2D eigenvalue weighted by Crippen LogP contribution is 2.18. The smallest absolute Gasteiger partial charge is 0.325 e. The third kappa shape index (κ3) is 3.93. The van der Waals surface area contributed by atoms with E-state index >= 15 is 0 Å². The van der Waals surface area contributed by atoms with Crippen LogP contribution in [0.2, 0.25) is 0 Å². The third-order valence-electron chi connectivity index (χ3n) is 2.50. The van der Waals surface area contributed by atoms with Crippen LogP contribution < -0.4 is 4.90 Å². The summed E-state index contributed by atoms with van der Waals surface area (Å²) >= 11 is 5.99. The summed E-state index contributed by atoms with van der Waals surface area (Å²) in [6.07, 6.45) is 0. The highest BCUT2D eigenvalue weighted by Gasteiger charge is 2.19. The molecule has 0 saturated carbocycles. The molecular formula is C13H18ClNO2. The van der Waals surface area contributed by atoms with Crippen LogP contribution in [-0.2, 0) is 9.53 Å². The van der Waals surface area contributed by atoms with Gasteiger partial charge in [-0.25, -0.2) is 0 Å². The minimum Gasteiger partial charge on any atom is -0.465 e. The van der Waals surface area contributed by atoms with Gasteiger partial charge in [-0.2, -0.15) is 0 Å². The molecule has 3 nitrogen and oxygen atoms in total. The molecule has 0 aliphatic carbocycles. The lowest BCUT2D eigenvalue weighted by atomic mass is 10.2. The number of nitrogens with zero attached hydrogens (tertiary/aromatic N) is 1. The van der Waals surface area contributed by atoms with Gasteiger partial charge in [0, 0.05) is 19.3 Å². The van der Waals surface area contributed by atoms with Crippen LogP contribution in [0.15, 0.2) is 24.3 Å². The van der Waals surface area contributed by atoms with E-state index in [-0.39, 0.29) is 5.97 Å². The van der Waals surface area contributed by atoms with Crippen LogP contribution in [0.3, 0.4) is 0 Å². The second-order valence-electron chi connectivity index (χ2n) is 3.89. The Labute approximate surface area is 107 Å². The van der Waals surface area contributed by atoms with E-state index in [0.29, 0.717) is 13.2 Å². The van der Waals surface area contributed by atoms with Crippen molar-refractivity contribution in [2.75, 3.05) is 25.1 Å². The number of hydrogen-bond donors (Lipinski definition) is 0. The number of carbonyl (C=O) groups excluding carboxylic acids is 1. The summed E-state index contributed by atoms with van der Waals surface area (Å²) in [4.78, 5) is 13.4. The lowest BCUT2D eigenvalue weighted by molar-refractivity contribution is -0.142. The van der Waals surface area contributed by atoms with Gasteiger partial charge in [0.25, 0.3) is 0 Å². The minimum absolute atomic E-state index is 0.357. The van der Waals surface area contributed by atoms with Gasteiger partial charge in [0.15, 0.2) is 0 Å². The normalized spacial score (nSPS) is 12.0. The quantitative estimate of drug-likeness (QED) is 0.598. The number of anilines is 1. The summed E-state index contributed by atoms with van der Waals surface area (Å²) in [6.45, 7) is 4.59. The molecule has 0 aromatic heterocycles. The summed E-state index contributed by atoms with van der Waals surface area (Å²) in [7, 11) is 1.91. The van der Waals surface area contributed by atoms with Crippen LogP contribution >= 0.6 is 11.6 Å². The number of carbonyl (C=O) groups is 1. The van der Waals surface area contributed by atoms with Crippen LogP contribution in [0.5, 0.6) is 0 Å². The fourth-order valence-corrected chi connectivity index (χ4v) is 1.91. The van der Waals surface area contributed by atoms with Crippen molar-refractivity contribution >= 4 is 23.3 Å². The molecule has 0 spiro atoms. The maximum absolute atomic E-state index is 11.4. The lowest BCUT2D eigenvalue weighted by Crippen LogP contribution is -2.32. The zero-order valence-electron chi connectivity index (χ0n) is 10.4. The largest absolute Gasteiger partial charge is 0.465 e. The number of rotatable bonds is 5. The Morgan fingerprint density at radius 2 is 2.12 bits per heavy atom. The molecule has 1 rings (SSSR count). The maximum atomic E-state index is 11.4. The molecule has 0 aliphatic rings. The molecule has 17 heavy (non-hydrogen) atoms. The Kier molecular flexibility index (Phi) is 5.29. The Hall–Kier alpha value is -1.22. The molecule has 1 aromatic carbocycles. The van der Waals surface area contributed by atoms with Crippen molar-refractivity contribution in [2.45, 2.75) is 19.2 Å². The molecule has 94 valence electrons. The zero-order valence-corrected chi connectivity index (χ0v) is 11.2.